The monoisotopic (exact) mass is 264 g/mol. The first kappa shape index (κ1) is 15.5. The standard InChI is InChI=1S/C15H24N2O2/c1-12(2)17(10-5-11-18)15(19)13-6-8-14(9-7-13)16(3)4/h6-9,12,18H,5,10-11H2,1-4H3. The van der Waals surface area contributed by atoms with Gasteiger partial charge in [0.25, 0.3) is 5.91 Å². The smallest absolute Gasteiger partial charge is 0.254 e. The van der Waals surface area contributed by atoms with Crippen molar-refractivity contribution in [2.75, 3.05) is 32.1 Å². The Balaban J connectivity index is 2.84. The number of carbonyl (C=O) groups is 1. The molecule has 0 saturated carbocycles. The summed E-state index contributed by atoms with van der Waals surface area (Å²) in [5.74, 6) is 0.0220. The zero-order chi connectivity index (χ0) is 14.4. The van der Waals surface area contributed by atoms with Gasteiger partial charge in [-0.2, -0.15) is 0 Å². The predicted molar refractivity (Wildman–Crippen MR) is 78.6 cm³/mol. The van der Waals surface area contributed by atoms with Crippen molar-refractivity contribution in [2.24, 2.45) is 0 Å². The minimum absolute atomic E-state index is 0.0220. The molecule has 1 rings (SSSR count). The third-order valence-electron chi connectivity index (χ3n) is 3.07. The minimum Gasteiger partial charge on any atom is -0.396 e. The highest BCUT2D eigenvalue weighted by Crippen LogP contribution is 2.15. The molecule has 0 aliphatic carbocycles. The number of aliphatic hydroxyl groups is 1. The summed E-state index contributed by atoms with van der Waals surface area (Å²) in [5.41, 5.74) is 1.76. The number of nitrogens with zero attached hydrogens (tertiary/aromatic N) is 2. The highest BCUT2D eigenvalue weighted by molar-refractivity contribution is 5.94. The Bertz CT molecular complexity index is 399. The van der Waals surface area contributed by atoms with Crippen LogP contribution in [0.4, 0.5) is 5.69 Å². The molecule has 0 spiro atoms. The van der Waals surface area contributed by atoms with E-state index in [9.17, 15) is 4.79 Å². The fraction of sp³-hybridized carbons (Fsp3) is 0.533. The molecule has 0 radical (unpaired) electrons. The van der Waals surface area contributed by atoms with Crippen molar-refractivity contribution < 1.29 is 9.90 Å². The number of hydrogen-bond acceptors (Lipinski definition) is 3. The molecule has 0 fully saturated rings. The van der Waals surface area contributed by atoms with Gasteiger partial charge >= 0.3 is 0 Å². The Morgan fingerprint density at radius 3 is 2.21 bits per heavy atom. The van der Waals surface area contributed by atoms with E-state index in [0.29, 0.717) is 18.5 Å². The number of rotatable bonds is 6. The fourth-order valence-electron chi connectivity index (χ4n) is 1.90. The maximum absolute atomic E-state index is 12.4. The molecule has 106 valence electrons. The summed E-state index contributed by atoms with van der Waals surface area (Å²) in [6.45, 7) is 4.67. The first-order valence-corrected chi connectivity index (χ1v) is 6.66. The van der Waals surface area contributed by atoms with Gasteiger partial charge in [-0.25, -0.2) is 0 Å². The van der Waals surface area contributed by atoms with E-state index in [0.717, 1.165) is 5.69 Å². The van der Waals surface area contributed by atoms with Gasteiger partial charge in [-0.1, -0.05) is 0 Å². The van der Waals surface area contributed by atoms with E-state index in [1.54, 1.807) is 4.90 Å². The Kier molecular flexibility index (Phi) is 5.83. The van der Waals surface area contributed by atoms with Crippen LogP contribution in [-0.4, -0.2) is 49.2 Å². The van der Waals surface area contributed by atoms with Gasteiger partial charge in [0.05, 0.1) is 0 Å². The summed E-state index contributed by atoms with van der Waals surface area (Å²) in [6, 6.07) is 7.72. The SMILES string of the molecule is CC(C)N(CCCO)C(=O)c1ccc(N(C)C)cc1. The van der Waals surface area contributed by atoms with Crippen LogP contribution in [-0.2, 0) is 0 Å². The molecule has 0 unspecified atom stereocenters. The van der Waals surface area contributed by atoms with Crippen LogP contribution in [0.25, 0.3) is 0 Å². The van der Waals surface area contributed by atoms with Gasteiger partial charge < -0.3 is 14.9 Å². The van der Waals surface area contributed by atoms with Gasteiger partial charge in [0.15, 0.2) is 0 Å². The average molecular weight is 264 g/mol. The van der Waals surface area contributed by atoms with Crippen molar-refractivity contribution >= 4 is 11.6 Å². The molecule has 0 heterocycles. The van der Waals surface area contributed by atoms with Crippen LogP contribution in [0.1, 0.15) is 30.6 Å². The molecule has 0 atom stereocenters. The van der Waals surface area contributed by atoms with E-state index >= 15 is 0 Å². The predicted octanol–water partition coefficient (Wildman–Crippen LogP) is 1.99. The van der Waals surface area contributed by atoms with Gasteiger partial charge in [0, 0.05) is 44.5 Å². The third kappa shape index (κ3) is 4.24. The van der Waals surface area contributed by atoms with E-state index in [-0.39, 0.29) is 18.6 Å². The topological polar surface area (TPSA) is 43.8 Å². The highest BCUT2D eigenvalue weighted by Gasteiger charge is 2.18. The average Bonchev–Trinajstić information content (AvgIpc) is 2.38. The van der Waals surface area contributed by atoms with E-state index < -0.39 is 0 Å². The zero-order valence-corrected chi connectivity index (χ0v) is 12.3. The molecule has 0 aliphatic heterocycles. The van der Waals surface area contributed by atoms with Crippen molar-refractivity contribution in [3.05, 3.63) is 29.8 Å². The fourth-order valence-corrected chi connectivity index (χ4v) is 1.90. The Morgan fingerprint density at radius 2 is 1.79 bits per heavy atom. The lowest BCUT2D eigenvalue weighted by molar-refractivity contribution is 0.0693. The van der Waals surface area contributed by atoms with Crippen LogP contribution in [0.2, 0.25) is 0 Å². The molecule has 19 heavy (non-hydrogen) atoms. The number of aliphatic hydroxyl groups excluding tert-OH is 1. The van der Waals surface area contributed by atoms with E-state index in [2.05, 4.69) is 0 Å². The Hall–Kier alpha value is -1.55. The second-order valence-corrected chi connectivity index (χ2v) is 5.11. The first-order valence-electron chi connectivity index (χ1n) is 6.66. The Morgan fingerprint density at radius 1 is 1.21 bits per heavy atom. The van der Waals surface area contributed by atoms with Gasteiger partial charge in [-0.05, 0) is 44.5 Å². The molecule has 0 saturated heterocycles. The van der Waals surface area contributed by atoms with Crippen LogP contribution in [0.15, 0.2) is 24.3 Å². The number of anilines is 1. The largest absolute Gasteiger partial charge is 0.396 e. The van der Waals surface area contributed by atoms with Crippen molar-refractivity contribution in [3.63, 3.8) is 0 Å². The molecule has 4 heteroatoms. The normalized spacial score (nSPS) is 10.6. The summed E-state index contributed by atoms with van der Waals surface area (Å²) in [6.07, 6.45) is 0.611. The zero-order valence-electron chi connectivity index (χ0n) is 12.3. The molecule has 0 aromatic heterocycles. The lowest BCUT2D eigenvalue weighted by Crippen LogP contribution is -2.38. The summed E-state index contributed by atoms with van der Waals surface area (Å²) >= 11 is 0. The number of hydrogen-bond donors (Lipinski definition) is 1. The molecular weight excluding hydrogens is 240 g/mol. The van der Waals surface area contributed by atoms with Crippen LogP contribution in [0.3, 0.4) is 0 Å². The third-order valence-corrected chi connectivity index (χ3v) is 3.07. The van der Waals surface area contributed by atoms with Gasteiger partial charge in [-0.3, -0.25) is 4.79 Å². The van der Waals surface area contributed by atoms with E-state index in [1.165, 1.54) is 0 Å². The molecule has 1 aromatic carbocycles. The number of amides is 1. The molecular formula is C15H24N2O2. The van der Waals surface area contributed by atoms with Crippen LogP contribution in [0, 0.1) is 0 Å². The van der Waals surface area contributed by atoms with Crippen LogP contribution < -0.4 is 4.90 Å². The van der Waals surface area contributed by atoms with Gasteiger partial charge in [-0.15, -0.1) is 0 Å². The van der Waals surface area contributed by atoms with Gasteiger partial charge in [0.1, 0.15) is 0 Å². The Labute approximate surface area is 115 Å². The molecule has 1 amide bonds. The van der Waals surface area contributed by atoms with Crippen LogP contribution in [0.5, 0.6) is 0 Å². The van der Waals surface area contributed by atoms with Gasteiger partial charge in [0.2, 0.25) is 0 Å². The summed E-state index contributed by atoms with van der Waals surface area (Å²) < 4.78 is 0. The maximum Gasteiger partial charge on any atom is 0.254 e. The summed E-state index contributed by atoms with van der Waals surface area (Å²) in [7, 11) is 3.94. The second kappa shape index (κ2) is 7.14. The summed E-state index contributed by atoms with van der Waals surface area (Å²) in [4.78, 5) is 16.2. The number of benzene rings is 1. The molecule has 0 bridgehead atoms. The minimum atomic E-state index is 0.0220. The lowest BCUT2D eigenvalue weighted by atomic mass is 10.1. The second-order valence-electron chi connectivity index (χ2n) is 5.11. The highest BCUT2D eigenvalue weighted by atomic mass is 16.3. The van der Waals surface area contributed by atoms with E-state index in [4.69, 9.17) is 5.11 Å². The van der Waals surface area contributed by atoms with Crippen molar-refractivity contribution in [2.45, 2.75) is 26.3 Å². The lowest BCUT2D eigenvalue weighted by Gasteiger charge is -2.26. The van der Waals surface area contributed by atoms with Crippen molar-refractivity contribution in [3.8, 4) is 0 Å². The van der Waals surface area contributed by atoms with Crippen LogP contribution >= 0.6 is 0 Å². The van der Waals surface area contributed by atoms with Crippen molar-refractivity contribution in [1.29, 1.82) is 0 Å². The summed E-state index contributed by atoms with van der Waals surface area (Å²) in [5, 5.41) is 8.90. The van der Waals surface area contributed by atoms with E-state index in [1.807, 2.05) is 57.1 Å². The first-order chi connectivity index (χ1) is 8.97. The quantitative estimate of drug-likeness (QED) is 0.854. The maximum atomic E-state index is 12.4. The number of carbonyl (C=O) groups excluding carboxylic acids is 1. The molecule has 4 nitrogen and oxygen atoms in total. The molecule has 0 aliphatic rings. The molecule has 1 N–H and O–H groups in total. The van der Waals surface area contributed by atoms with Crippen molar-refractivity contribution in [1.82, 2.24) is 4.90 Å². The molecule has 1 aromatic rings.